The third-order valence-corrected chi connectivity index (χ3v) is 4.65. The molecule has 1 heterocycles. The van der Waals surface area contributed by atoms with Gasteiger partial charge in [0.15, 0.2) is 0 Å². The Morgan fingerprint density at radius 1 is 1.38 bits per heavy atom. The highest BCUT2D eigenvalue weighted by molar-refractivity contribution is 5.81. The van der Waals surface area contributed by atoms with Crippen molar-refractivity contribution >= 4 is 5.91 Å². The Kier molecular flexibility index (Phi) is 5.40. The van der Waals surface area contributed by atoms with E-state index in [2.05, 4.69) is 44.2 Å². The summed E-state index contributed by atoms with van der Waals surface area (Å²) in [4.78, 5) is 14.3. The number of hydrogen-bond donors (Lipinski definition) is 1. The number of rotatable bonds is 6. The zero-order valence-corrected chi connectivity index (χ0v) is 13.3. The molecular formula is C18H28N2O. The second-order valence-electron chi connectivity index (χ2n) is 6.70. The number of benzene rings is 1. The predicted octanol–water partition coefficient (Wildman–Crippen LogP) is 2.99. The Bertz CT molecular complexity index is 460. The number of nitrogens with zero attached hydrogens (tertiary/aromatic N) is 1. The van der Waals surface area contributed by atoms with E-state index >= 15 is 0 Å². The average molecular weight is 288 g/mol. The highest BCUT2D eigenvalue weighted by Crippen LogP contribution is 2.34. The van der Waals surface area contributed by atoms with Crippen LogP contribution in [0.15, 0.2) is 30.3 Å². The molecule has 2 rings (SSSR count). The van der Waals surface area contributed by atoms with E-state index in [-0.39, 0.29) is 17.4 Å². The van der Waals surface area contributed by atoms with Crippen molar-refractivity contribution in [2.24, 2.45) is 11.1 Å². The van der Waals surface area contributed by atoms with Crippen molar-refractivity contribution in [3.8, 4) is 0 Å². The number of hydrogen-bond acceptors (Lipinski definition) is 2. The van der Waals surface area contributed by atoms with Crippen LogP contribution in [-0.4, -0.2) is 29.9 Å². The van der Waals surface area contributed by atoms with Crippen molar-refractivity contribution in [2.45, 2.75) is 52.0 Å². The molecule has 0 aliphatic carbocycles. The molecule has 21 heavy (non-hydrogen) atoms. The van der Waals surface area contributed by atoms with E-state index in [1.165, 1.54) is 5.56 Å². The summed E-state index contributed by atoms with van der Waals surface area (Å²) in [6, 6.07) is 10.3. The molecule has 1 amide bonds. The van der Waals surface area contributed by atoms with E-state index in [1.807, 2.05) is 4.90 Å². The zero-order valence-electron chi connectivity index (χ0n) is 13.3. The predicted molar refractivity (Wildman–Crippen MR) is 87.0 cm³/mol. The average Bonchev–Trinajstić information content (AvgIpc) is 2.89. The van der Waals surface area contributed by atoms with E-state index in [0.717, 1.165) is 45.2 Å². The van der Waals surface area contributed by atoms with Gasteiger partial charge in [0, 0.05) is 13.1 Å². The molecule has 1 aromatic rings. The molecule has 2 unspecified atom stereocenters. The minimum atomic E-state index is -0.313. The molecule has 0 bridgehead atoms. The number of nitrogens with two attached hydrogens (primary N) is 1. The number of carbonyl (C=O) groups is 1. The smallest absolute Gasteiger partial charge is 0.239 e. The SMILES string of the molecule is CCCC(N)C(=O)N1CCC(C)(CCc2ccccc2)C1. The van der Waals surface area contributed by atoms with Gasteiger partial charge in [0.25, 0.3) is 0 Å². The van der Waals surface area contributed by atoms with E-state index in [4.69, 9.17) is 5.73 Å². The molecule has 0 spiro atoms. The van der Waals surface area contributed by atoms with Crippen LogP contribution in [0.5, 0.6) is 0 Å². The van der Waals surface area contributed by atoms with Crippen LogP contribution in [0.4, 0.5) is 0 Å². The number of carbonyl (C=O) groups excluding carboxylic acids is 1. The van der Waals surface area contributed by atoms with Gasteiger partial charge in [-0.1, -0.05) is 50.6 Å². The molecule has 3 heteroatoms. The second-order valence-corrected chi connectivity index (χ2v) is 6.70. The fraction of sp³-hybridized carbons (Fsp3) is 0.611. The van der Waals surface area contributed by atoms with E-state index in [9.17, 15) is 4.79 Å². The molecule has 3 nitrogen and oxygen atoms in total. The van der Waals surface area contributed by atoms with Crippen LogP contribution in [0.1, 0.15) is 45.1 Å². The van der Waals surface area contributed by atoms with Gasteiger partial charge in [0.05, 0.1) is 6.04 Å². The Morgan fingerprint density at radius 3 is 2.76 bits per heavy atom. The lowest BCUT2D eigenvalue weighted by Crippen LogP contribution is -2.43. The monoisotopic (exact) mass is 288 g/mol. The van der Waals surface area contributed by atoms with Gasteiger partial charge in [-0.05, 0) is 36.7 Å². The summed E-state index contributed by atoms with van der Waals surface area (Å²) in [7, 11) is 0. The molecule has 1 aliphatic heterocycles. The van der Waals surface area contributed by atoms with Crippen molar-refractivity contribution in [1.29, 1.82) is 0 Å². The third kappa shape index (κ3) is 4.31. The molecule has 1 aromatic carbocycles. The normalized spacial score (nSPS) is 23.3. The highest BCUT2D eigenvalue weighted by Gasteiger charge is 2.36. The van der Waals surface area contributed by atoms with Crippen molar-refractivity contribution in [3.05, 3.63) is 35.9 Å². The summed E-state index contributed by atoms with van der Waals surface area (Å²) >= 11 is 0. The van der Waals surface area contributed by atoms with Crippen LogP contribution in [0.2, 0.25) is 0 Å². The lowest BCUT2D eigenvalue weighted by Gasteiger charge is -2.26. The molecule has 0 saturated carbocycles. The Balaban J connectivity index is 1.86. The van der Waals surface area contributed by atoms with Gasteiger partial charge in [-0.25, -0.2) is 0 Å². The number of amides is 1. The zero-order chi connectivity index (χ0) is 15.3. The summed E-state index contributed by atoms with van der Waals surface area (Å²) in [5.41, 5.74) is 7.58. The fourth-order valence-corrected chi connectivity index (χ4v) is 3.18. The number of likely N-dealkylation sites (tertiary alicyclic amines) is 1. The summed E-state index contributed by atoms with van der Waals surface area (Å²) in [6.45, 7) is 6.09. The fourth-order valence-electron chi connectivity index (χ4n) is 3.18. The van der Waals surface area contributed by atoms with Crippen LogP contribution >= 0.6 is 0 Å². The Morgan fingerprint density at radius 2 is 2.10 bits per heavy atom. The van der Waals surface area contributed by atoms with Crippen molar-refractivity contribution in [3.63, 3.8) is 0 Å². The van der Waals surface area contributed by atoms with Gasteiger partial charge in [0.2, 0.25) is 5.91 Å². The first kappa shape index (κ1) is 16.0. The lowest BCUT2D eigenvalue weighted by atomic mass is 9.83. The van der Waals surface area contributed by atoms with Gasteiger partial charge < -0.3 is 10.6 Å². The van der Waals surface area contributed by atoms with Crippen molar-refractivity contribution in [1.82, 2.24) is 4.90 Å². The van der Waals surface area contributed by atoms with Crippen LogP contribution in [0.3, 0.4) is 0 Å². The van der Waals surface area contributed by atoms with Crippen LogP contribution in [0, 0.1) is 5.41 Å². The second kappa shape index (κ2) is 7.08. The highest BCUT2D eigenvalue weighted by atomic mass is 16.2. The quantitative estimate of drug-likeness (QED) is 0.874. The van der Waals surface area contributed by atoms with Gasteiger partial charge in [-0.15, -0.1) is 0 Å². The van der Waals surface area contributed by atoms with Crippen molar-refractivity contribution in [2.75, 3.05) is 13.1 Å². The van der Waals surface area contributed by atoms with E-state index in [0.29, 0.717) is 0 Å². The topological polar surface area (TPSA) is 46.3 Å². The maximum absolute atomic E-state index is 12.3. The molecule has 2 atom stereocenters. The maximum Gasteiger partial charge on any atom is 0.239 e. The summed E-state index contributed by atoms with van der Waals surface area (Å²) in [5, 5.41) is 0. The van der Waals surface area contributed by atoms with Gasteiger partial charge in [-0.2, -0.15) is 0 Å². The van der Waals surface area contributed by atoms with Crippen molar-refractivity contribution < 1.29 is 4.79 Å². The first-order chi connectivity index (χ1) is 10.0. The molecular weight excluding hydrogens is 260 g/mol. The minimum Gasteiger partial charge on any atom is -0.341 e. The molecule has 116 valence electrons. The molecule has 1 aliphatic rings. The molecule has 1 fully saturated rings. The maximum atomic E-state index is 12.3. The minimum absolute atomic E-state index is 0.139. The Hall–Kier alpha value is -1.35. The largest absolute Gasteiger partial charge is 0.341 e. The molecule has 1 saturated heterocycles. The lowest BCUT2D eigenvalue weighted by molar-refractivity contribution is -0.132. The Labute approximate surface area is 128 Å². The summed E-state index contributed by atoms with van der Waals surface area (Å²) in [5.74, 6) is 0.139. The van der Waals surface area contributed by atoms with E-state index < -0.39 is 0 Å². The molecule has 0 radical (unpaired) electrons. The first-order valence-corrected chi connectivity index (χ1v) is 8.12. The third-order valence-electron chi connectivity index (χ3n) is 4.65. The van der Waals surface area contributed by atoms with Crippen LogP contribution < -0.4 is 5.73 Å². The van der Waals surface area contributed by atoms with Crippen LogP contribution in [0.25, 0.3) is 0 Å². The summed E-state index contributed by atoms with van der Waals surface area (Å²) in [6.07, 6.45) is 5.05. The molecule has 0 aromatic heterocycles. The molecule has 2 N–H and O–H groups in total. The number of aryl methyl sites for hydroxylation is 1. The van der Waals surface area contributed by atoms with Crippen LogP contribution in [-0.2, 0) is 11.2 Å². The summed E-state index contributed by atoms with van der Waals surface area (Å²) < 4.78 is 0. The standard InChI is InChI=1S/C18H28N2O/c1-3-7-16(19)17(21)20-13-12-18(2,14-20)11-10-15-8-5-4-6-9-15/h4-6,8-9,16H,3,7,10-14,19H2,1-2H3. The van der Waals surface area contributed by atoms with Gasteiger partial charge in [0.1, 0.15) is 0 Å². The van der Waals surface area contributed by atoms with Gasteiger partial charge in [-0.3, -0.25) is 4.79 Å². The van der Waals surface area contributed by atoms with E-state index in [1.54, 1.807) is 0 Å². The van der Waals surface area contributed by atoms with Gasteiger partial charge >= 0.3 is 0 Å². The first-order valence-electron chi connectivity index (χ1n) is 8.12.